The summed E-state index contributed by atoms with van der Waals surface area (Å²) in [4.78, 5) is 40.7. The van der Waals surface area contributed by atoms with Crippen LogP contribution in [0.1, 0.15) is 52.5 Å². The fraction of sp³-hybridized carbons (Fsp3) is 0.522. The first-order valence-corrected chi connectivity index (χ1v) is 10.6. The zero-order chi connectivity index (χ0) is 20.3. The Morgan fingerprint density at radius 1 is 1.10 bits per heavy atom. The van der Waals surface area contributed by atoms with Crippen molar-refractivity contribution in [3.8, 4) is 0 Å². The minimum atomic E-state index is -0.154. The maximum Gasteiger partial charge on any atom is 0.263 e. The first-order chi connectivity index (χ1) is 13.9. The fourth-order valence-corrected chi connectivity index (χ4v) is 5.19. The van der Waals surface area contributed by atoms with Crippen molar-refractivity contribution in [1.29, 1.82) is 0 Å². The van der Waals surface area contributed by atoms with Crippen LogP contribution in [-0.4, -0.2) is 33.0 Å². The molecule has 0 radical (unpaired) electrons. The van der Waals surface area contributed by atoms with Crippen molar-refractivity contribution in [2.75, 3.05) is 13.1 Å². The van der Waals surface area contributed by atoms with Gasteiger partial charge in [-0.1, -0.05) is 6.07 Å². The van der Waals surface area contributed by atoms with E-state index < -0.39 is 0 Å². The van der Waals surface area contributed by atoms with Crippen molar-refractivity contribution < 1.29 is 4.79 Å². The van der Waals surface area contributed by atoms with Gasteiger partial charge in [0, 0.05) is 49.6 Å². The van der Waals surface area contributed by atoms with Gasteiger partial charge in [-0.3, -0.25) is 14.4 Å². The van der Waals surface area contributed by atoms with E-state index >= 15 is 0 Å². The number of rotatable bonds is 3. The van der Waals surface area contributed by atoms with Crippen LogP contribution in [0.4, 0.5) is 0 Å². The lowest BCUT2D eigenvalue weighted by Gasteiger charge is -2.42. The van der Waals surface area contributed by atoms with Crippen LogP contribution in [0.25, 0.3) is 0 Å². The molecule has 2 aromatic heterocycles. The molecule has 1 saturated heterocycles. The smallest absolute Gasteiger partial charge is 0.263 e. The Labute approximate surface area is 169 Å². The highest BCUT2D eigenvalue weighted by molar-refractivity contribution is 5.95. The summed E-state index contributed by atoms with van der Waals surface area (Å²) in [5.74, 6) is 0.823. The third-order valence-electron chi connectivity index (χ3n) is 6.82. The van der Waals surface area contributed by atoms with Gasteiger partial charge in [-0.25, -0.2) is 0 Å². The minimum absolute atomic E-state index is 0.0364. The van der Waals surface area contributed by atoms with Gasteiger partial charge in [0.1, 0.15) is 5.56 Å². The van der Waals surface area contributed by atoms with Gasteiger partial charge in [0.25, 0.3) is 17.0 Å². The third kappa shape index (κ3) is 3.15. The molecule has 2 aliphatic heterocycles. The Morgan fingerprint density at radius 3 is 2.66 bits per heavy atom. The number of fused-ring (bicyclic) bond motifs is 4. The first-order valence-electron chi connectivity index (χ1n) is 10.6. The van der Waals surface area contributed by atoms with Gasteiger partial charge in [0.15, 0.2) is 0 Å². The number of aromatic nitrogens is 2. The molecular weight excluding hydrogens is 366 g/mol. The predicted molar refractivity (Wildman–Crippen MR) is 110 cm³/mol. The van der Waals surface area contributed by atoms with E-state index in [0.29, 0.717) is 37.7 Å². The zero-order valence-electron chi connectivity index (χ0n) is 17.1. The number of hydrogen-bond donors (Lipinski definition) is 0. The van der Waals surface area contributed by atoms with Crippen molar-refractivity contribution >= 4 is 5.91 Å². The van der Waals surface area contributed by atoms with E-state index in [1.54, 1.807) is 16.7 Å². The summed E-state index contributed by atoms with van der Waals surface area (Å²) in [5, 5.41) is 0. The Morgan fingerprint density at radius 2 is 1.90 bits per heavy atom. The molecule has 0 spiro atoms. The molecule has 6 nitrogen and oxygen atoms in total. The number of piperidine rings is 1. The molecule has 0 unspecified atom stereocenters. The largest absolute Gasteiger partial charge is 0.337 e. The van der Waals surface area contributed by atoms with E-state index in [2.05, 4.69) is 0 Å². The SMILES string of the molecule is Cc1cc(C)n(CC2CC2)c(=O)c1C(=O)N1C[C@@H]2C[C@H](C1)c1cccc(=O)n1C2. The summed E-state index contributed by atoms with van der Waals surface area (Å²) < 4.78 is 3.65. The van der Waals surface area contributed by atoms with Crippen molar-refractivity contribution in [1.82, 2.24) is 14.0 Å². The van der Waals surface area contributed by atoms with Gasteiger partial charge < -0.3 is 14.0 Å². The summed E-state index contributed by atoms with van der Waals surface area (Å²) >= 11 is 0. The summed E-state index contributed by atoms with van der Waals surface area (Å²) in [7, 11) is 0. The number of carbonyl (C=O) groups excluding carboxylic acids is 1. The minimum Gasteiger partial charge on any atom is -0.337 e. The zero-order valence-corrected chi connectivity index (χ0v) is 17.1. The topological polar surface area (TPSA) is 64.3 Å². The molecule has 5 rings (SSSR count). The average Bonchev–Trinajstić information content (AvgIpc) is 3.50. The third-order valence-corrected chi connectivity index (χ3v) is 6.82. The van der Waals surface area contributed by atoms with E-state index in [0.717, 1.165) is 36.2 Å². The molecule has 2 bridgehead atoms. The quantitative estimate of drug-likeness (QED) is 0.804. The molecule has 0 aromatic carbocycles. The van der Waals surface area contributed by atoms with Gasteiger partial charge >= 0.3 is 0 Å². The Balaban J connectivity index is 1.48. The standard InChI is InChI=1S/C23H27N3O3/c1-14-8-15(2)25(11-16-6-7-16)23(29)21(14)22(28)24-10-17-9-18(13-24)19-4-3-5-20(27)26(19)12-17/h3-5,8,16-18H,6-7,9-13H2,1-2H3/t17-,18+/m0/s1. The van der Waals surface area contributed by atoms with Gasteiger partial charge in [-0.15, -0.1) is 0 Å². The highest BCUT2D eigenvalue weighted by atomic mass is 16.2. The lowest BCUT2D eigenvalue weighted by molar-refractivity contribution is 0.0591. The average molecular weight is 393 g/mol. The van der Waals surface area contributed by atoms with Crippen LogP contribution in [-0.2, 0) is 13.1 Å². The first kappa shape index (κ1) is 18.4. The van der Waals surface area contributed by atoms with Crippen LogP contribution in [0.15, 0.2) is 33.9 Å². The molecule has 2 aromatic rings. The summed E-state index contributed by atoms with van der Waals surface area (Å²) in [6.07, 6.45) is 3.32. The molecule has 0 N–H and O–H groups in total. The van der Waals surface area contributed by atoms with Crippen LogP contribution in [0, 0.1) is 25.7 Å². The van der Waals surface area contributed by atoms with Gasteiger partial charge in [0.2, 0.25) is 0 Å². The van der Waals surface area contributed by atoms with Gasteiger partial charge in [-0.2, -0.15) is 0 Å². The maximum atomic E-state index is 13.5. The number of amides is 1. The highest BCUT2D eigenvalue weighted by Crippen LogP contribution is 2.35. The lowest BCUT2D eigenvalue weighted by atomic mass is 9.83. The molecule has 6 heteroatoms. The van der Waals surface area contributed by atoms with Gasteiger partial charge in [0.05, 0.1) is 0 Å². The number of pyridine rings is 2. The van der Waals surface area contributed by atoms with Crippen molar-refractivity contribution in [2.24, 2.45) is 11.8 Å². The summed E-state index contributed by atoms with van der Waals surface area (Å²) in [6, 6.07) is 7.37. The summed E-state index contributed by atoms with van der Waals surface area (Å²) in [5.41, 5.74) is 2.91. The van der Waals surface area contributed by atoms with Gasteiger partial charge in [-0.05, 0) is 62.6 Å². The van der Waals surface area contributed by atoms with Crippen LogP contribution in [0.5, 0.6) is 0 Å². The maximum absolute atomic E-state index is 13.5. The number of hydrogen-bond acceptors (Lipinski definition) is 3. The number of carbonyl (C=O) groups is 1. The van der Waals surface area contributed by atoms with Crippen LogP contribution in [0.3, 0.4) is 0 Å². The molecule has 152 valence electrons. The Bertz CT molecular complexity index is 1110. The molecule has 1 amide bonds. The van der Waals surface area contributed by atoms with E-state index in [1.165, 1.54) is 0 Å². The second-order valence-corrected chi connectivity index (χ2v) is 9.11. The second kappa shape index (κ2) is 6.71. The van der Waals surface area contributed by atoms with Crippen molar-refractivity contribution in [2.45, 2.75) is 52.1 Å². The molecule has 2 atom stereocenters. The molecule has 4 heterocycles. The Kier molecular flexibility index (Phi) is 4.26. The monoisotopic (exact) mass is 393 g/mol. The van der Waals surface area contributed by atoms with Crippen LogP contribution >= 0.6 is 0 Å². The highest BCUT2D eigenvalue weighted by Gasteiger charge is 2.37. The summed E-state index contributed by atoms with van der Waals surface area (Å²) in [6.45, 7) is 6.34. The Hall–Kier alpha value is -2.63. The van der Waals surface area contributed by atoms with Crippen molar-refractivity contribution in [3.63, 3.8) is 0 Å². The van der Waals surface area contributed by atoms with E-state index in [4.69, 9.17) is 0 Å². The van der Waals surface area contributed by atoms with E-state index in [-0.39, 0.29) is 28.9 Å². The number of nitrogens with zero attached hydrogens (tertiary/aromatic N) is 3. The van der Waals surface area contributed by atoms with E-state index in [1.807, 2.05) is 35.4 Å². The normalized spacial score (nSPS) is 23.0. The van der Waals surface area contributed by atoms with Crippen LogP contribution in [0.2, 0.25) is 0 Å². The predicted octanol–water partition coefficient (Wildman–Crippen LogP) is 2.30. The molecule has 3 aliphatic rings. The number of aryl methyl sites for hydroxylation is 2. The molecular formula is C23H27N3O3. The van der Waals surface area contributed by atoms with E-state index in [9.17, 15) is 14.4 Å². The molecule has 2 fully saturated rings. The lowest BCUT2D eigenvalue weighted by Crippen LogP contribution is -2.50. The molecule has 1 aliphatic carbocycles. The van der Waals surface area contributed by atoms with Crippen molar-refractivity contribution in [3.05, 3.63) is 67.5 Å². The molecule has 1 saturated carbocycles. The fourth-order valence-electron chi connectivity index (χ4n) is 5.19. The number of likely N-dealkylation sites (tertiary alicyclic amines) is 1. The van der Waals surface area contributed by atoms with Crippen LogP contribution < -0.4 is 11.1 Å². The molecule has 29 heavy (non-hydrogen) atoms. The second-order valence-electron chi connectivity index (χ2n) is 9.11.